The van der Waals surface area contributed by atoms with Crippen LogP contribution in [0, 0.1) is 13.8 Å². The van der Waals surface area contributed by atoms with Crippen molar-refractivity contribution in [2.75, 3.05) is 79.3 Å². The lowest BCUT2D eigenvalue weighted by Crippen LogP contribution is -2.48. The van der Waals surface area contributed by atoms with Crippen LogP contribution in [0.4, 0.5) is 0 Å². The zero-order chi connectivity index (χ0) is 29.1. The Bertz CT molecular complexity index is 1430. The highest BCUT2D eigenvalue weighted by molar-refractivity contribution is 5.97. The van der Waals surface area contributed by atoms with Gasteiger partial charge in [-0.25, -0.2) is 0 Å². The first-order valence-corrected chi connectivity index (χ1v) is 15.5. The summed E-state index contributed by atoms with van der Waals surface area (Å²) < 4.78 is 13.4. The Kier molecular flexibility index (Phi) is 8.84. The third-order valence-electron chi connectivity index (χ3n) is 9.21. The topological polar surface area (TPSA) is 53.4 Å². The summed E-state index contributed by atoms with van der Waals surface area (Å²) in [7, 11) is 2.21. The van der Waals surface area contributed by atoms with Gasteiger partial charge in [0, 0.05) is 93.7 Å². The second-order valence-corrected chi connectivity index (χ2v) is 12.1. The summed E-state index contributed by atoms with van der Waals surface area (Å²) in [5, 5.41) is 1.24. The Balaban J connectivity index is 1.04. The molecular formula is C34H45N5O3. The molecule has 0 aliphatic carbocycles. The van der Waals surface area contributed by atoms with Crippen LogP contribution in [0.2, 0.25) is 0 Å². The molecule has 0 bridgehead atoms. The largest absolute Gasteiger partial charge is 0.454 e. The Morgan fingerprint density at radius 3 is 2.38 bits per heavy atom. The monoisotopic (exact) mass is 571 g/mol. The maximum absolute atomic E-state index is 13.2. The first-order chi connectivity index (χ1) is 20.4. The van der Waals surface area contributed by atoms with E-state index in [0.29, 0.717) is 6.79 Å². The lowest BCUT2D eigenvalue weighted by atomic mass is 10.1. The van der Waals surface area contributed by atoms with E-state index in [9.17, 15) is 4.79 Å². The van der Waals surface area contributed by atoms with Crippen LogP contribution in [0.3, 0.4) is 0 Å². The van der Waals surface area contributed by atoms with Crippen LogP contribution in [0.15, 0.2) is 42.5 Å². The number of carbonyl (C=O) groups excluding carboxylic acids is 1. The molecule has 2 saturated heterocycles. The summed E-state index contributed by atoms with van der Waals surface area (Å²) in [5.74, 6) is 1.78. The lowest BCUT2D eigenvalue weighted by molar-refractivity contribution is -0.127. The molecule has 0 atom stereocenters. The number of aryl methyl sites for hydroxylation is 2. The Hall–Kier alpha value is -3.33. The number of benzene rings is 2. The molecule has 6 rings (SSSR count). The number of likely N-dealkylation sites (N-methyl/N-ethyl adjacent to an activating group) is 1. The summed E-state index contributed by atoms with van der Waals surface area (Å²) in [5.41, 5.74) is 6.18. The Morgan fingerprint density at radius 1 is 0.833 bits per heavy atom. The van der Waals surface area contributed by atoms with Crippen molar-refractivity contribution in [3.05, 3.63) is 64.9 Å². The van der Waals surface area contributed by atoms with Gasteiger partial charge in [0.1, 0.15) is 0 Å². The molecule has 2 fully saturated rings. The molecule has 4 heterocycles. The SMILES string of the molecule is Cc1ccc2c(c1)c(/C=C/C(=O)N1CCN(CCc3ccc4c(c3)OCO4)CC1)c(C)n2CCCN1CCN(C)CC1. The molecule has 3 aliphatic heterocycles. The second-order valence-electron chi connectivity index (χ2n) is 12.1. The lowest BCUT2D eigenvalue weighted by Gasteiger charge is -2.34. The molecule has 2 aromatic carbocycles. The van der Waals surface area contributed by atoms with Gasteiger partial charge in [-0.1, -0.05) is 17.7 Å². The normalized spacial score (nSPS) is 18.5. The predicted molar refractivity (Wildman–Crippen MR) is 168 cm³/mol. The van der Waals surface area contributed by atoms with E-state index in [-0.39, 0.29) is 5.91 Å². The summed E-state index contributed by atoms with van der Waals surface area (Å²) in [6.45, 7) is 15.7. The number of carbonyl (C=O) groups is 1. The second kappa shape index (κ2) is 12.9. The molecule has 0 spiro atoms. The number of nitrogens with zero attached hydrogens (tertiary/aromatic N) is 5. The van der Waals surface area contributed by atoms with E-state index in [2.05, 4.69) is 76.6 Å². The molecule has 42 heavy (non-hydrogen) atoms. The maximum atomic E-state index is 13.2. The first-order valence-electron chi connectivity index (χ1n) is 15.5. The maximum Gasteiger partial charge on any atom is 0.246 e. The highest BCUT2D eigenvalue weighted by Gasteiger charge is 2.21. The number of piperazine rings is 2. The van der Waals surface area contributed by atoms with Gasteiger partial charge >= 0.3 is 0 Å². The van der Waals surface area contributed by atoms with Crippen LogP contribution in [-0.4, -0.2) is 109 Å². The third-order valence-corrected chi connectivity index (χ3v) is 9.21. The van der Waals surface area contributed by atoms with Gasteiger partial charge in [-0.3, -0.25) is 9.69 Å². The van der Waals surface area contributed by atoms with Gasteiger partial charge in [0.05, 0.1) is 0 Å². The zero-order valence-electron chi connectivity index (χ0n) is 25.5. The van der Waals surface area contributed by atoms with Gasteiger partial charge in [-0.05, 0) is 76.2 Å². The van der Waals surface area contributed by atoms with E-state index in [4.69, 9.17) is 9.47 Å². The molecule has 0 radical (unpaired) electrons. The fraction of sp³-hybridized carbons (Fsp3) is 0.500. The molecule has 0 N–H and O–H groups in total. The molecule has 3 aromatic rings. The quantitative estimate of drug-likeness (QED) is 0.362. The van der Waals surface area contributed by atoms with Crippen molar-refractivity contribution in [1.82, 2.24) is 24.2 Å². The van der Waals surface area contributed by atoms with E-state index in [1.54, 1.807) is 6.08 Å². The number of hydrogen-bond acceptors (Lipinski definition) is 6. The van der Waals surface area contributed by atoms with Gasteiger partial charge in [0.2, 0.25) is 12.7 Å². The highest BCUT2D eigenvalue weighted by Crippen LogP contribution is 2.33. The average molecular weight is 572 g/mol. The molecule has 3 aliphatic rings. The molecule has 0 unspecified atom stereocenters. The van der Waals surface area contributed by atoms with Crippen LogP contribution in [0.1, 0.15) is 28.8 Å². The van der Waals surface area contributed by atoms with Crippen LogP contribution in [0.25, 0.3) is 17.0 Å². The number of aromatic nitrogens is 1. The van der Waals surface area contributed by atoms with Gasteiger partial charge in [-0.15, -0.1) is 0 Å². The molecule has 8 nitrogen and oxygen atoms in total. The van der Waals surface area contributed by atoms with Crippen molar-refractivity contribution in [3.63, 3.8) is 0 Å². The molecule has 0 saturated carbocycles. The van der Waals surface area contributed by atoms with E-state index < -0.39 is 0 Å². The van der Waals surface area contributed by atoms with E-state index in [0.717, 1.165) is 96.3 Å². The van der Waals surface area contributed by atoms with Gasteiger partial charge in [0.25, 0.3) is 0 Å². The van der Waals surface area contributed by atoms with Crippen molar-refractivity contribution >= 4 is 22.9 Å². The van der Waals surface area contributed by atoms with Crippen LogP contribution < -0.4 is 9.47 Å². The minimum atomic E-state index is 0.105. The fourth-order valence-corrected chi connectivity index (χ4v) is 6.48. The summed E-state index contributed by atoms with van der Waals surface area (Å²) in [6.07, 6.45) is 5.94. The fourth-order valence-electron chi connectivity index (χ4n) is 6.48. The van der Waals surface area contributed by atoms with Gasteiger partial charge in [-0.2, -0.15) is 0 Å². The van der Waals surface area contributed by atoms with E-state index >= 15 is 0 Å². The third kappa shape index (κ3) is 6.51. The number of rotatable bonds is 9. The molecule has 224 valence electrons. The Morgan fingerprint density at radius 2 is 1.57 bits per heavy atom. The highest BCUT2D eigenvalue weighted by atomic mass is 16.7. The van der Waals surface area contributed by atoms with Crippen molar-refractivity contribution in [3.8, 4) is 11.5 Å². The number of hydrogen-bond donors (Lipinski definition) is 0. The van der Waals surface area contributed by atoms with Crippen LogP contribution in [-0.2, 0) is 17.8 Å². The van der Waals surface area contributed by atoms with Crippen molar-refractivity contribution in [1.29, 1.82) is 0 Å². The molecule has 1 aromatic heterocycles. The van der Waals surface area contributed by atoms with Crippen molar-refractivity contribution < 1.29 is 14.3 Å². The van der Waals surface area contributed by atoms with Gasteiger partial charge < -0.3 is 28.7 Å². The van der Waals surface area contributed by atoms with E-state index in [1.807, 2.05) is 11.0 Å². The summed E-state index contributed by atoms with van der Waals surface area (Å²) in [6, 6.07) is 12.9. The molecular weight excluding hydrogens is 526 g/mol. The number of fused-ring (bicyclic) bond motifs is 2. The zero-order valence-corrected chi connectivity index (χ0v) is 25.5. The standard InChI is InChI=1S/C34H45N5O3/c1-26-5-8-31-30(23-26)29(27(2)39(31)13-4-12-36-17-15-35(3)16-18-36)7-10-34(40)38-21-19-37(20-22-38)14-11-28-6-9-32-33(24-28)42-25-41-32/h5-10,23-24H,4,11-22,25H2,1-3H3/b10-7+. The summed E-state index contributed by atoms with van der Waals surface area (Å²) in [4.78, 5) is 22.7. The number of ether oxygens (including phenoxy) is 2. The number of amides is 1. The van der Waals surface area contributed by atoms with E-state index in [1.165, 1.54) is 33.3 Å². The smallest absolute Gasteiger partial charge is 0.246 e. The van der Waals surface area contributed by atoms with Crippen LogP contribution in [0.5, 0.6) is 11.5 Å². The first kappa shape index (κ1) is 28.8. The molecule has 8 heteroatoms. The van der Waals surface area contributed by atoms with Crippen molar-refractivity contribution in [2.45, 2.75) is 33.2 Å². The van der Waals surface area contributed by atoms with Gasteiger partial charge in [0.15, 0.2) is 11.5 Å². The van der Waals surface area contributed by atoms with Crippen LogP contribution >= 0.6 is 0 Å². The Labute approximate surface area is 250 Å². The summed E-state index contributed by atoms with van der Waals surface area (Å²) >= 11 is 0. The minimum absolute atomic E-state index is 0.105. The van der Waals surface area contributed by atoms with Crippen molar-refractivity contribution in [2.24, 2.45) is 0 Å². The minimum Gasteiger partial charge on any atom is -0.454 e. The molecule has 1 amide bonds. The average Bonchev–Trinajstić information content (AvgIpc) is 3.57. The predicted octanol–water partition coefficient (Wildman–Crippen LogP) is 4.02.